The number of carbonyl (C=O) groups is 2. The van der Waals surface area contributed by atoms with Crippen molar-refractivity contribution in [3.63, 3.8) is 0 Å². The number of alkyl halides is 1. The van der Waals surface area contributed by atoms with Crippen LogP contribution in [0.5, 0.6) is 5.75 Å². The second-order valence-electron chi connectivity index (χ2n) is 9.97. The summed E-state index contributed by atoms with van der Waals surface area (Å²) in [6.45, 7) is 27.7. The fourth-order valence-electron chi connectivity index (χ4n) is 2.54. The Labute approximate surface area is 267 Å². The number of aromatic hydroxyl groups is 1. The molecule has 0 atom stereocenters. The number of hydrogen-bond acceptors (Lipinski definition) is 5. The molecule has 1 aromatic heterocycles. The van der Waals surface area contributed by atoms with E-state index in [2.05, 4.69) is 31.2 Å². The number of benzene rings is 2. The van der Waals surface area contributed by atoms with Crippen LogP contribution in [0.15, 0.2) is 60.8 Å². The Morgan fingerprint density at radius 2 is 1.37 bits per heavy atom. The Bertz CT molecular complexity index is 1130. The van der Waals surface area contributed by atoms with Gasteiger partial charge in [-0.15, -0.1) is 11.6 Å². The van der Waals surface area contributed by atoms with Gasteiger partial charge in [-0.25, -0.2) is 4.79 Å². The number of anilines is 1. The molecule has 3 rings (SSSR count). The molecule has 244 valence electrons. The van der Waals surface area contributed by atoms with Crippen LogP contribution in [0.4, 0.5) is 10.5 Å². The molecule has 0 saturated carbocycles. The molecule has 0 aliphatic carbocycles. The van der Waals surface area contributed by atoms with Gasteiger partial charge < -0.3 is 15.2 Å². The van der Waals surface area contributed by atoms with Crippen LogP contribution < -0.4 is 5.32 Å². The minimum atomic E-state index is -0.639. The van der Waals surface area contributed by atoms with E-state index in [1.807, 2.05) is 61.5 Å². The van der Waals surface area contributed by atoms with Crippen molar-refractivity contribution in [1.29, 1.82) is 0 Å². The van der Waals surface area contributed by atoms with Crippen LogP contribution in [0.2, 0.25) is 0 Å². The number of rotatable bonds is 4. The number of ether oxygens (including phenoxy) is 1. The van der Waals surface area contributed by atoms with Crippen molar-refractivity contribution >= 4 is 29.3 Å². The van der Waals surface area contributed by atoms with Crippen LogP contribution in [0.3, 0.4) is 0 Å². The smallest absolute Gasteiger partial charge is 0.435 e. The highest BCUT2D eigenvalue weighted by molar-refractivity contribution is 6.23. The molecule has 0 spiro atoms. The molecule has 0 radical (unpaired) electrons. The Hall–Kier alpha value is -3.32. The van der Waals surface area contributed by atoms with E-state index in [0.29, 0.717) is 22.5 Å². The molecule has 2 N–H and O–H groups in total. The molecule has 43 heavy (non-hydrogen) atoms. The van der Waals surface area contributed by atoms with Crippen molar-refractivity contribution in [1.82, 2.24) is 9.78 Å². The van der Waals surface area contributed by atoms with Crippen molar-refractivity contribution in [2.75, 3.05) is 5.32 Å². The predicted molar refractivity (Wildman–Crippen MR) is 186 cm³/mol. The summed E-state index contributed by atoms with van der Waals surface area (Å²) < 4.78 is 6.56. The van der Waals surface area contributed by atoms with Gasteiger partial charge in [0.2, 0.25) is 0 Å². The molecule has 0 bridgehead atoms. The first-order chi connectivity index (χ1) is 20.2. The van der Waals surface area contributed by atoms with Gasteiger partial charge in [0.15, 0.2) is 0 Å². The molecular formula is C35H58ClN3O4. The zero-order chi connectivity index (χ0) is 34.2. The third-order valence-corrected chi connectivity index (χ3v) is 4.86. The number of amides is 1. The number of nitrogens with zero attached hydrogens (tertiary/aromatic N) is 2. The van der Waals surface area contributed by atoms with Crippen molar-refractivity contribution in [2.45, 2.75) is 120 Å². The van der Waals surface area contributed by atoms with Crippen LogP contribution in [0, 0.1) is 0 Å². The summed E-state index contributed by atoms with van der Waals surface area (Å²) >= 11 is 5.72. The topological polar surface area (TPSA) is 93.5 Å². The largest absolute Gasteiger partial charge is 0.508 e. The van der Waals surface area contributed by atoms with Crippen molar-refractivity contribution in [2.24, 2.45) is 0 Å². The van der Waals surface area contributed by atoms with Gasteiger partial charge in [-0.1, -0.05) is 80.9 Å². The number of hydrogen-bond donors (Lipinski definition) is 2. The molecule has 0 unspecified atom stereocenters. The van der Waals surface area contributed by atoms with E-state index < -0.39 is 11.7 Å². The number of carbonyl (C=O) groups excluding carboxylic acids is 2. The minimum Gasteiger partial charge on any atom is -0.508 e. The summed E-state index contributed by atoms with van der Waals surface area (Å²) in [6, 6.07) is 14.7. The van der Waals surface area contributed by atoms with Gasteiger partial charge in [0.1, 0.15) is 11.4 Å². The molecule has 0 saturated heterocycles. The van der Waals surface area contributed by atoms with Crippen molar-refractivity contribution in [3.8, 4) is 17.0 Å². The van der Waals surface area contributed by atoms with E-state index in [-0.39, 0.29) is 16.5 Å². The van der Waals surface area contributed by atoms with E-state index in [9.17, 15) is 14.7 Å². The monoisotopic (exact) mass is 619 g/mol. The van der Waals surface area contributed by atoms with Gasteiger partial charge in [-0.3, -0.25) is 4.79 Å². The van der Waals surface area contributed by atoms with Gasteiger partial charge >= 0.3 is 6.09 Å². The molecule has 1 heterocycles. The summed E-state index contributed by atoms with van der Waals surface area (Å²) in [5.74, 6) is -0.216. The molecule has 2 aromatic carbocycles. The average Bonchev–Trinajstić information content (AvgIpc) is 3.47. The van der Waals surface area contributed by atoms with Crippen LogP contribution >= 0.6 is 11.6 Å². The van der Waals surface area contributed by atoms with Gasteiger partial charge in [0.05, 0.1) is 11.9 Å². The maximum atomic E-state index is 12.4. The lowest BCUT2D eigenvalue weighted by Gasteiger charge is -2.19. The fraction of sp³-hybridized carbons (Fsp3) is 0.514. The maximum Gasteiger partial charge on any atom is 0.435 e. The van der Waals surface area contributed by atoms with Gasteiger partial charge in [0.25, 0.3) is 5.91 Å². The lowest BCUT2D eigenvalue weighted by Crippen LogP contribution is -2.28. The minimum absolute atomic E-state index is 0.0139. The third-order valence-electron chi connectivity index (χ3n) is 4.60. The lowest BCUT2D eigenvalue weighted by atomic mass is 10.1. The van der Waals surface area contributed by atoms with Gasteiger partial charge in [-0.05, 0) is 83.5 Å². The average molecular weight is 620 g/mol. The van der Waals surface area contributed by atoms with E-state index in [1.54, 1.807) is 45.0 Å². The zero-order valence-electron chi connectivity index (χ0n) is 29.1. The third kappa shape index (κ3) is 20.3. The molecule has 1 amide bonds. The summed E-state index contributed by atoms with van der Waals surface area (Å²) in [5, 5.41) is 16.2. The summed E-state index contributed by atoms with van der Waals surface area (Å²) in [4.78, 5) is 24.8. The molecule has 0 fully saturated rings. The Kier molecular flexibility index (Phi) is 24.8. The van der Waals surface area contributed by atoms with Crippen LogP contribution in [-0.4, -0.2) is 37.4 Å². The van der Waals surface area contributed by atoms with E-state index in [1.165, 1.54) is 41.6 Å². The number of halogens is 1. The number of aromatic nitrogens is 2. The second kappa shape index (κ2) is 24.2. The highest BCUT2D eigenvalue weighted by atomic mass is 35.5. The zero-order valence-corrected chi connectivity index (χ0v) is 29.9. The number of phenols is 1. The fourth-order valence-corrected chi connectivity index (χ4v) is 2.54. The highest BCUT2D eigenvalue weighted by Crippen LogP contribution is 2.24. The van der Waals surface area contributed by atoms with Gasteiger partial charge in [0, 0.05) is 21.7 Å². The first kappa shape index (κ1) is 44.1. The molecule has 3 aromatic rings. The number of nitrogens with one attached hydrogen (secondary N) is 1. The standard InChI is InChI=1S/C21H21N3O4.C5H11Cl.C3H8.3C2H6/c1-21(2,3)28-20(27)24-18(11-12-22-24)15-5-4-6-16(13-15)23-19(26)14-7-9-17(25)10-8-14;1-4-5(2,3)6;1-3-2;3*1-2/h4-13,25H,1-3H3,(H,23,26);4H2,1-3H3;3H2,1-2H3;3*1-2H3. The molecule has 7 nitrogen and oxygen atoms in total. The quantitative estimate of drug-likeness (QED) is 0.283. The van der Waals surface area contributed by atoms with E-state index in [0.717, 1.165) is 6.42 Å². The number of phenolic OH excluding ortho intramolecular Hbond substituents is 1. The molecule has 0 aliphatic heterocycles. The molecule has 8 heteroatoms. The highest BCUT2D eigenvalue weighted by Gasteiger charge is 2.21. The second-order valence-corrected chi connectivity index (χ2v) is 11.0. The van der Waals surface area contributed by atoms with Crippen molar-refractivity contribution < 1.29 is 19.4 Å². The van der Waals surface area contributed by atoms with Gasteiger partial charge in [-0.2, -0.15) is 9.78 Å². The van der Waals surface area contributed by atoms with E-state index >= 15 is 0 Å². The normalized spacial score (nSPS) is 9.74. The first-order valence-corrected chi connectivity index (χ1v) is 15.8. The lowest BCUT2D eigenvalue weighted by molar-refractivity contribution is 0.0517. The van der Waals surface area contributed by atoms with Crippen LogP contribution in [-0.2, 0) is 4.74 Å². The predicted octanol–water partition coefficient (Wildman–Crippen LogP) is 11.2. The summed E-state index contributed by atoms with van der Waals surface area (Å²) in [7, 11) is 0. The summed E-state index contributed by atoms with van der Waals surface area (Å²) in [5.41, 5.74) is 1.59. The maximum absolute atomic E-state index is 12.4. The van der Waals surface area contributed by atoms with Crippen LogP contribution in [0.1, 0.15) is 120 Å². The Morgan fingerprint density at radius 3 is 1.81 bits per heavy atom. The Balaban J connectivity index is -0.000000903. The van der Waals surface area contributed by atoms with Crippen molar-refractivity contribution in [3.05, 3.63) is 66.4 Å². The first-order valence-electron chi connectivity index (χ1n) is 15.4. The molecular weight excluding hydrogens is 562 g/mol. The Morgan fingerprint density at radius 1 is 0.884 bits per heavy atom. The van der Waals surface area contributed by atoms with Crippen LogP contribution in [0.25, 0.3) is 11.3 Å². The molecule has 0 aliphatic rings. The summed E-state index contributed by atoms with van der Waals surface area (Å²) in [6.07, 6.45) is 3.22. The SMILES string of the molecule is CC.CC.CC.CC(C)(C)OC(=O)n1nccc1-c1cccc(NC(=O)c2ccc(O)cc2)c1.CCC.CCC(C)(C)Cl. The van der Waals surface area contributed by atoms with E-state index in [4.69, 9.17) is 16.3 Å².